The van der Waals surface area contributed by atoms with Crippen LogP contribution in [0.5, 0.6) is 5.75 Å². The molecule has 5 nitrogen and oxygen atoms in total. The van der Waals surface area contributed by atoms with E-state index in [1.807, 2.05) is 46.2 Å². The van der Waals surface area contributed by atoms with Crippen molar-refractivity contribution >= 4 is 50.1 Å². The zero-order valence-electron chi connectivity index (χ0n) is 14.0. The van der Waals surface area contributed by atoms with Gasteiger partial charge in [0.05, 0.1) is 30.7 Å². The van der Waals surface area contributed by atoms with E-state index in [-0.39, 0.29) is 23.6 Å². The lowest BCUT2D eigenvalue weighted by Gasteiger charge is -2.26. The van der Waals surface area contributed by atoms with E-state index in [0.29, 0.717) is 15.9 Å². The number of thiocarbonyl (C=S) groups is 1. The minimum atomic E-state index is -3.13. The van der Waals surface area contributed by atoms with Crippen molar-refractivity contribution in [3.63, 3.8) is 0 Å². The quantitative estimate of drug-likeness (QED) is 0.727. The van der Waals surface area contributed by atoms with E-state index in [9.17, 15) is 8.42 Å². The summed E-state index contributed by atoms with van der Waals surface area (Å²) in [6.45, 7) is 0. The zero-order valence-corrected chi connectivity index (χ0v) is 16.4. The minimum absolute atomic E-state index is 0.0824. The van der Waals surface area contributed by atoms with Gasteiger partial charge in [0, 0.05) is 22.5 Å². The van der Waals surface area contributed by atoms with Gasteiger partial charge in [0.1, 0.15) is 5.75 Å². The average Bonchev–Trinajstić information content (AvgIpc) is 3.04. The lowest BCUT2D eigenvalue weighted by atomic mass is 10.1. The van der Waals surface area contributed by atoms with Crippen LogP contribution in [0, 0.1) is 0 Å². The third-order valence-corrected chi connectivity index (χ3v) is 7.15. The predicted octanol–water partition coefficient (Wildman–Crippen LogP) is 3.13. The van der Waals surface area contributed by atoms with E-state index < -0.39 is 9.84 Å². The Morgan fingerprint density at radius 2 is 1.65 bits per heavy atom. The highest BCUT2D eigenvalue weighted by molar-refractivity contribution is 7.91. The number of methoxy groups -OCH3 is 1. The normalized spacial score (nSPS) is 24.0. The summed E-state index contributed by atoms with van der Waals surface area (Å²) >= 11 is 11.7. The van der Waals surface area contributed by atoms with Crippen molar-refractivity contribution in [2.45, 2.75) is 12.1 Å². The number of halogens is 1. The van der Waals surface area contributed by atoms with Gasteiger partial charge in [0.15, 0.2) is 14.9 Å². The molecule has 2 heterocycles. The van der Waals surface area contributed by atoms with Gasteiger partial charge in [0.2, 0.25) is 0 Å². The summed E-state index contributed by atoms with van der Waals surface area (Å²) in [6.07, 6.45) is 0. The van der Waals surface area contributed by atoms with Crippen molar-refractivity contribution < 1.29 is 13.2 Å². The van der Waals surface area contributed by atoms with E-state index in [1.54, 1.807) is 19.2 Å². The van der Waals surface area contributed by atoms with E-state index >= 15 is 0 Å². The zero-order chi connectivity index (χ0) is 18.5. The molecule has 26 heavy (non-hydrogen) atoms. The maximum absolute atomic E-state index is 12.3. The van der Waals surface area contributed by atoms with Gasteiger partial charge in [-0.25, -0.2) is 8.42 Å². The van der Waals surface area contributed by atoms with Crippen LogP contribution in [0.15, 0.2) is 48.5 Å². The van der Waals surface area contributed by atoms with Gasteiger partial charge in [-0.3, -0.25) is 0 Å². The molecule has 8 heteroatoms. The second-order valence-corrected chi connectivity index (χ2v) is 9.37. The smallest absolute Gasteiger partial charge is 0.181 e. The highest BCUT2D eigenvalue weighted by Crippen LogP contribution is 2.39. The molecule has 4 rings (SSSR count). The van der Waals surface area contributed by atoms with Gasteiger partial charge in [0.25, 0.3) is 0 Å². The average molecular weight is 409 g/mol. The first-order chi connectivity index (χ1) is 12.4. The van der Waals surface area contributed by atoms with Crippen LogP contribution in [-0.2, 0) is 9.84 Å². The third-order valence-electron chi connectivity index (χ3n) is 4.81. The lowest BCUT2D eigenvalue weighted by Crippen LogP contribution is -2.37. The molecule has 136 valence electrons. The van der Waals surface area contributed by atoms with Gasteiger partial charge < -0.3 is 14.5 Å². The highest BCUT2D eigenvalue weighted by Gasteiger charge is 2.52. The first-order valence-electron chi connectivity index (χ1n) is 8.12. The Bertz CT molecular complexity index is 963. The summed E-state index contributed by atoms with van der Waals surface area (Å²) in [5.74, 6) is 0.868. The molecule has 0 aromatic heterocycles. The molecule has 2 saturated heterocycles. The number of fused-ring (bicyclic) bond motifs is 1. The van der Waals surface area contributed by atoms with E-state index in [2.05, 4.69) is 0 Å². The monoisotopic (exact) mass is 408 g/mol. The topological polar surface area (TPSA) is 49.9 Å². The van der Waals surface area contributed by atoms with Crippen LogP contribution in [0.3, 0.4) is 0 Å². The summed E-state index contributed by atoms with van der Waals surface area (Å²) in [6, 6.07) is 14.4. The molecule has 0 unspecified atom stereocenters. The summed E-state index contributed by atoms with van der Waals surface area (Å²) in [5, 5.41) is 1.21. The van der Waals surface area contributed by atoms with E-state index in [1.165, 1.54) is 0 Å². The molecule has 0 saturated carbocycles. The van der Waals surface area contributed by atoms with Crippen LogP contribution in [0.2, 0.25) is 5.02 Å². The van der Waals surface area contributed by atoms with Gasteiger partial charge in [-0.2, -0.15) is 0 Å². The number of ether oxygens (including phenoxy) is 1. The number of rotatable bonds is 3. The third kappa shape index (κ3) is 2.94. The van der Waals surface area contributed by atoms with Gasteiger partial charge in [-0.15, -0.1) is 0 Å². The number of benzene rings is 2. The Hall–Kier alpha value is -1.83. The van der Waals surface area contributed by atoms with Crippen LogP contribution in [-0.4, -0.2) is 44.2 Å². The highest BCUT2D eigenvalue weighted by atomic mass is 35.5. The first kappa shape index (κ1) is 17.6. The Morgan fingerprint density at radius 1 is 1.04 bits per heavy atom. The van der Waals surface area contributed by atoms with Gasteiger partial charge in [-0.1, -0.05) is 17.7 Å². The minimum Gasteiger partial charge on any atom is -0.497 e. The molecule has 0 N–H and O–H groups in total. The van der Waals surface area contributed by atoms with Crippen molar-refractivity contribution in [3.8, 4) is 5.75 Å². The molecular formula is C18H17ClN2O3S2. The Balaban J connectivity index is 1.80. The second kappa shape index (κ2) is 6.40. The number of hydrogen-bond donors (Lipinski definition) is 0. The Morgan fingerprint density at radius 3 is 2.27 bits per heavy atom. The van der Waals surface area contributed by atoms with Crippen molar-refractivity contribution in [2.24, 2.45) is 0 Å². The maximum Gasteiger partial charge on any atom is 0.181 e. The standard InChI is InChI=1S/C18H17ClN2O3S2/c1-24-15-4-2-3-14(9-15)21-17-11-26(22,23)10-16(17)20(18(21)25)13-7-5-12(19)6-8-13/h2-9,16-17H,10-11H2,1H3/t16-,17-/m1/s1. The van der Waals surface area contributed by atoms with Crippen LogP contribution < -0.4 is 14.5 Å². The molecule has 0 spiro atoms. The number of hydrogen-bond acceptors (Lipinski definition) is 4. The van der Waals surface area contributed by atoms with E-state index in [0.717, 1.165) is 11.4 Å². The van der Waals surface area contributed by atoms with Crippen LogP contribution >= 0.6 is 23.8 Å². The Kier molecular flexibility index (Phi) is 4.33. The fourth-order valence-electron chi connectivity index (χ4n) is 3.67. The Labute approximate surface area is 163 Å². The fourth-order valence-corrected chi connectivity index (χ4v) is 6.20. The van der Waals surface area contributed by atoms with E-state index in [4.69, 9.17) is 28.6 Å². The summed E-state index contributed by atoms with van der Waals surface area (Å²) in [7, 11) is -1.53. The molecule has 2 aliphatic rings. The lowest BCUT2D eigenvalue weighted by molar-refractivity contribution is 0.415. The molecule has 2 fully saturated rings. The van der Waals surface area contributed by atoms with Gasteiger partial charge in [-0.05, 0) is 48.6 Å². The fraction of sp³-hybridized carbons (Fsp3) is 0.278. The SMILES string of the molecule is COc1cccc(N2C(=S)N(c3ccc(Cl)cc3)[C@@H]3CS(=O)(=O)C[C@H]32)c1. The molecule has 2 aromatic rings. The first-order valence-corrected chi connectivity index (χ1v) is 10.7. The largest absolute Gasteiger partial charge is 0.497 e. The van der Waals surface area contributed by atoms with Crippen molar-refractivity contribution in [1.29, 1.82) is 0 Å². The molecule has 0 bridgehead atoms. The molecule has 0 radical (unpaired) electrons. The van der Waals surface area contributed by atoms with Crippen LogP contribution in [0.1, 0.15) is 0 Å². The maximum atomic E-state index is 12.3. The summed E-state index contributed by atoms with van der Waals surface area (Å²) in [4.78, 5) is 3.86. The molecule has 2 aromatic carbocycles. The van der Waals surface area contributed by atoms with Gasteiger partial charge >= 0.3 is 0 Å². The summed E-state index contributed by atoms with van der Waals surface area (Å²) in [5.41, 5.74) is 1.68. The molecule has 0 amide bonds. The number of nitrogens with zero attached hydrogens (tertiary/aromatic N) is 2. The molecule has 0 aliphatic carbocycles. The number of anilines is 2. The summed E-state index contributed by atoms with van der Waals surface area (Å²) < 4.78 is 30.0. The number of sulfone groups is 1. The molecule has 2 atom stereocenters. The van der Waals surface area contributed by atoms with Crippen molar-refractivity contribution in [3.05, 3.63) is 53.6 Å². The van der Waals surface area contributed by atoms with Crippen LogP contribution in [0.25, 0.3) is 0 Å². The molecular weight excluding hydrogens is 392 g/mol. The van der Waals surface area contributed by atoms with Crippen LogP contribution in [0.4, 0.5) is 11.4 Å². The van der Waals surface area contributed by atoms with Crippen molar-refractivity contribution in [1.82, 2.24) is 0 Å². The van der Waals surface area contributed by atoms with Crippen molar-refractivity contribution in [2.75, 3.05) is 28.4 Å². The predicted molar refractivity (Wildman–Crippen MR) is 108 cm³/mol. The second-order valence-electron chi connectivity index (χ2n) is 6.41. The molecule has 2 aliphatic heterocycles.